The van der Waals surface area contributed by atoms with Crippen LogP contribution in [-0.2, 0) is 5.41 Å². The number of hydrogen-bond donors (Lipinski definition) is 0. The Kier molecular flexibility index (Phi) is 8.61. The number of nitrogens with zero attached hydrogens (tertiary/aromatic N) is 5. The third-order valence-electron chi connectivity index (χ3n) is 15.2. The van der Waals surface area contributed by atoms with Crippen molar-refractivity contribution in [2.75, 3.05) is 0 Å². The minimum absolute atomic E-state index is 0.204. The largest absolute Gasteiger partial charge is 0.456 e. The summed E-state index contributed by atoms with van der Waals surface area (Å²) in [6.45, 7) is 4.68. The smallest absolute Gasteiger partial charge is 0.238 e. The molecule has 0 unspecified atom stereocenters. The number of rotatable bonds is 6. The normalized spacial score (nSPS) is 13.0. The predicted octanol–water partition coefficient (Wildman–Crippen LogP) is 16.9. The second-order valence-corrected chi connectivity index (χ2v) is 19.6. The van der Waals surface area contributed by atoms with Gasteiger partial charge in [0.1, 0.15) is 11.2 Å². The molecular weight excluding hydrogens is 879 g/mol. The van der Waals surface area contributed by atoms with Crippen LogP contribution in [0.4, 0.5) is 0 Å². The van der Waals surface area contributed by atoms with Crippen molar-refractivity contribution >= 4 is 65.6 Å². The summed E-state index contributed by atoms with van der Waals surface area (Å²) in [7, 11) is 0. The Morgan fingerprint density at radius 3 is 1.44 bits per heavy atom. The fourth-order valence-corrected chi connectivity index (χ4v) is 11.6. The number of furan rings is 1. The second kappa shape index (κ2) is 15.3. The van der Waals surface area contributed by atoms with Gasteiger partial charge in [-0.05, 0) is 123 Å². The highest BCUT2D eigenvalue weighted by molar-refractivity contribution is 6.15. The molecule has 0 fully saturated rings. The van der Waals surface area contributed by atoms with E-state index in [9.17, 15) is 0 Å². The minimum atomic E-state index is -0.204. The summed E-state index contributed by atoms with van der Waals surface area (Å²) in [5.74, 6) is 1.83. The van der Waals surface area contributed by atoms with Gasteiger partial charge in [0, 0.05) is 54.5 Å². The molecule has 0 amide bonds. The van der Waals surface area contributed by atoms with E-state index in [0.29, 0.717) is 17.6 Å². The van der Waals surface area contributed by atoms with E-state index in [4.69, 9.17) is 19.4 Å². The molecule has 4 heterocycles. The maximum Gasteiger partial charge on any atom is 0.238 e. The van der Waals surface area contributed by atoms with Gasteiger partial charge in [0.05, 0.1) is 22.1 Å². The molecule has 0 saturated carbocycles. The monoisotopic (exact) mass is 921 g/mol. The molecule has 1 aliphatic rings. The molecule has 0 spiro atoms. The summed E-state index contributed by atoms with van der Waals surface area (Å²) in [5, 5.41) is 6.91. The van der Waals surface area contributed by atoms with Crippen molar-refractivity contribution < 1.29 is 4.42 Å². The summed E-state index contributed by atoms with van der Waals surface area (Å²) in [6, 6.07) is 80.4. The van der Waals surface area contributed by atoms with Gasteiger partial charge in [0.25, 0.3) is 0 Å². The zero-order chi connectivity index (χ0) is 47.7. The van der Waals surface area contributed by atoms with Gasteiger partial charge in [-0.2, -0.15) is 9.97 Å². The molecule has 0 bridgehead atoms. The van der Waals surface area contributed by atoms with E-state index in [-0.39, 0.29) is 5.41 Å². The van der Waals surface area contributed by atoms with Crippen LogP contribution >= 0.6 is 0 Å². The number of benzene rings is 10. The highest BCUT2D eigenvalue weighted by atomic mass is 16.3. The quantitative estimate of drug-likeness (QED) is 0.167. The van der Waals surface area contributed by atoms with Gasteiger partial charge in [0.2, 0.25) is 5.95 Å². The van der Waals surface area contributed by atoms with E-state index in [1.54, 1.807) is 0 Å². The van der Waals surface area contributed by atoms with Gasteiger partial charge in [-0.25, -0.2) is 4.98 Å². The van der Waals surface area contributed by atoms with Crippen molar-refractivity contribution in [1.82, 2.24) is 24.1 Å². The van der Waals surface area contributed by atoms with Crippen LogP contribution in [0.25, 0.3) is 133 Å². The SMILES string of the molecule is CC1(C)c2ccccc2-c2cc3c4cc(-c5ccc6c(c5)c5cc(-c7ccc8oc9ccccc9c8c7)ccc5n6-c5ccccc5)ccc4n(-c4nc(-c5ccccc5)nc(-c5ccccc5)n4)c3cc21. The number of hydrogen-bond acceptors (Lipinski definition) is 4. The van der Waals surface area contributed by atoms with E-state index in [1.807, 2.05) is 48.5 Å². The van der Waals surface area contributed by atoms with Crippen LogP contribution in [0.1, 0.15) is 25.0 Å². The Hall–Kier alpha value is -9.39. The molecule has 6 nitrogen and oxygen atoms in total. The summed E-state index contributed by atoms with van der Waals surface area (Å²) in [6.07, 6.45) is 0. The van der Waals surface area contributed by atoms with Gasteiger partial charge in [-0.3, -0.25) is 4.57 Å². The maximum absolute atomic E-state index is 6.22. The molecule has 1 aliphatic carbocycles. The van der Waals surface area contributed by atoms with Crippen molar-refractivity contribution in [2.45, 2.75) is 19.3 Å². The Morgan fingerprint density at radius 1 is 0.333 bits per heavy atom. The molecule has 0 saturated heterocycles. The lowest BCUT2D eigenvalue weighted by atomic mass is 9.82. The fourth-order valence-electron chi connectivity index (χ4n) is 11.6. The molecule has 0 radical (unpaired) electrons. The number of para-hydroxylation sites is 2. The zero-order valence-corrected chi connectivity index (χ0v) is 39.5. The average Bonchev–Trinajstić information content (AvgIpc) is 4.15. The molecule has 72 heavy (non-hydrogen) atoms. The van der Waals surface area contributed by atoms with Crippen LogP contribution in [0.2, 0.25) is 0 Å². The standard InChI is InChI=1S/C66H43N5O/c1-66(2)55-24-14-12-22-47(55)49-38-53-52-36-43(28-32-59(52)71(60(53)39-56(49)66)65-68-63(40-16-6-3-7-17-40)67-64(69-65)41-18-8-4-9-19-41)42-26-30-57-50(34-42)51-35-44(27-31-58(51)70(57)46-20-10-5-11-21-46)45-29-33-62-54(37-45)48-23-13-15-25-61(48)72-62/h3-39H,1-2H3. The molecule has 0 atom stereocenters. The van der Waals surface area contributed by atoms with E-state index < -0.39 is 0 Å². The van der Waals surface area contributed by atoms with Gasteiger partial charge >= 0.3 is 0 Å². The maximum atomic E-state index is 6.22. The molecule has 6 heteroatoms. The fraction of sp³-hybridized carbons (Fsp3) is 0.0455. The number of aromatic nitrogens is 5. The van der Waals surface area contributed by atoms with Crippen molar-refractivity contribution in [2.24, 2.45) is 0 Å². The lowest BCUT2D eigenvalue weighted by molar-refractivity contribution is 0.661. The Bertz CT molecular complexity index is 4470. The first-order chi connectivity index (χ1) is 35.4. The topological polar surface area (TPSA) is 61.7 Å². The van der Waals surface area contributed by atoms with Crippen molar-refractivity contribution in [3.05, 3.63) is 236 Å². The summed E-state index contributed by atoms with van der Waals surface area (Å²) in [4.78, 5) is 15.7. The van der Waals surface area contributed by atoms with Crippen molar-refractivity contribution in [1.29, 1.82) is 0 Å². The van der Waals surface area contributed by atoms with Crippen molar-refractivity contribution in [3.8, 4) is 67.8 Å². The first kappa shape index (κ1) is 40.5. The third kappa shape index (κ3) is 6.05. The van der Waals surface area contributed by atoms with E-state index in [0.717, 1.165) is 93.8 Å². The van der Waals surface area contributed by atoms with Gasteiger partial charge in [-0.15, -0.1) is 0 Å². The highest BCUT2D eigenvalue weighted by Crippen LogP contribution is 2.51. The van der Waals surface area contributed by atoms with Crippen molar-refractivity contribution in [3.63, 3.8) is 0 Å². The lowest BCUT2D eigenvalue weighted by Gasteiger charge is -2.21. The number of fused-ring (bicyclic) bond motifs is 12. The van der Waals surface area contributed by atoms with E-state index in [2.05, 4.69) is 199 Å². The minimum Gasteiger partial charge on any atom is -0.456 e. The van der Waals surface area contributed by atoms with Gasteiger partial charge in [-0.1, -0.05) is 159 Å². The molecular formula is C66H43N5O. The molecule has 10 aromatic carbocycles. The summed E-state index contributed by atoms with van der Waals surface area (Å²) in [5.41, 5.74) is 18.7. The van der Waals surface area contributed by atoms with Crippen LogP contribution in [-0.4, -0.2) is 24.1 Å². The molecule has 338 valence electrons. The van der Waals surface area contributed by atoms with Crippen LogP contribution in [0.15, 0.2) is 229 Å². The van der Waals surface area contributed by atoms with Crippen LogP contribution in [0, 0.1) is 0 Å². The van der Waals surface area contributed by atoms with Gasteiger partial charge < -0.3 is 8.98 Å². The third-order valence-corrected chi connectivity index (χ3v) is 15.2. The van der Waals surface area contributed by atoms with Crippen LogP contribution in [0.5, 0.6) is 0 Å². The molecule has 0 N–H and O–H groups in total. The first-order valence-electron chi connectivity index (χ1n) is 24.6. The molecule has 15 rings (SSSR count). The first-order valence-corrected chi connectivity index (χ1v) is 24.6. The Labute approximate surface area is 414 Å². The Morgan fingerprint density at radius 2 is 0.819 bits per heavy atom. The van der Waals surface area contributed by atoms with Crippen LogP contribution in [0.3, 0.4) is 0 Å². The van der Waals surface area contributed by atoms with E-state index >= 15 is 0 Å². The Balaban J connectivity index is 0.957. The highest BCUT2D eigenvalue weighted by Gasteiger charge is 2.36. The molecule has 14 aromatic rings. The average molecular weight is 922 g/mol. The second-order valence-electron chi connectivity index (χ2n) is 19.6. The summed E-state index contributed by atoms with van der Waals surface area (Å²) < 4.78 is 10.9. The van der Waals surface area contributed by atoms with Gasteiger partial charge in [0.15, 0.2) is 11.6 Å². The molecule has 4 aromatic heterocycles. The zero-order valence-electron chi connectivity index (χ0n) is 39.5. The predicted molar refractivity (Wildman–Crippen MR) is 295 cm³/mol. The molecule has 0 aliphatic heterocycles. The van der Waals surface area contributed by atoms with Crippen LogP contribution < -0.4 is 0 Å². The lowest BCUT2D eigenvalue weighted by Crippen LogP contribution is -2.15. The van der Waals surface area contributed by atoms with E-state index in [1.165, 1.54) is 33.0 Å². The summed E-state index contributed by atoms with van der Waals surface area (Å²) >= 11 is 0.